The predicted octanol–water partition coefficient (Wildman–Crippen LogP) is 1.37. The molecule has 0 spiro atoms. The Morgan fingerprint density at radius 2 is 1.67 bits per heavy atom. The van der Waals surface area contributed by atoms with Gasteiger partial charge in [-0.25, -0.2) is 9.97 Å². The molecule has 9 heavy (non-hydrogen) atoms. The molecule has 0 unspecified atom stereocenters. The van der Waals surface area contributed by atoms with E-state index >= 15 is 0 Å². The van der Waals surface area contributed by atoms with Gasteiger partial charge in [0.25, 0.3) is 0 Å². The minimum atomic E-state index is 0.0903. The largest absolute Gasteiger partial charge is 0.368 e. The lowest BCUT2D eigenvalue weighted by Gasteiger charge is -1.91. The van der Waals surface area contributed by atoms with Crippen LogP contribution in [0.15, 0.2) is 6.07 Å². The second kappa shape index (κ2) is 2.37. The minimum Gasteiger partial charge on any atom is -0.368 e. The first-order valence-electron chi connectivity index (χ1n) is 2.14. The van der Waals surface area contributed by atoms with Crippen molar-refractivity contribution in [3.8, 4) is 0 Å². The number of hydrogen-bond donors (Lipinski definition) is 1. The minimum absolute atomic E-state index is 0.0903. The summed E-state index contributed by atoms with van der Waals surface area (Å²) in [6.07, 6.45) is 0. The summed E-state index contributed by atoms with van der Waals surface area (Å²) in [5.74, 6) is 0.0903. The molecule has 0 aromatic carbocycles. The average molecular weight is 168 g/mol. The standard InChI is InChI=1S/C4H3Cl2N3/c5-2-1-3(6)9-4(7)8-2/h1H,(H2,7,8,9)/i1+1,2+1,3+1,4+1. The van der Waals surface area contributed by atoms with Gasteiger partial charge in [0.2, 0.25) is 5.95 Å². The molecule has 0 amide bonds. The quantitative estimate of drug-likeness (QED) is 0.595. The highest BCUT2D eigenvalue weighted by Gasteiger charge is 1.94. The molecule has 5 heteroatoms. The number of anilines is 1. The summed E-state index contributed by atoms with van der Waals surface area (Å²) in [5.41, 5.74) is 5.17. The first kappa shape index (κ1) is 6.58. The molecule has 1 aromatic heterocycles. The lowest BCUT2D eigenvalue weighted by atomic mass is 11.5. The van der Waals surface area contributed by atoms with Crippen molar-refractivity contribution in [3.05, 3.63) is 16.4 Å². The fraction of sp³-hybridized carbons (Fsp3) is 0. The summed E-state index contributed by atoms with van der Waals surface area (Å²) in [6.45, 7) is 0. The number of nitrogens with two attached hydrogens (primary N) is 1. The van der Waals surface area contributed by atoms with Crippen molar-refractivity contribution in [2.24, 2.45) is 0 Å². The van der Waals surface area contributed by atoms with Crippen LogP contribution in [0.2, 0.25) is 10.3 Å². The van der Waals surface area contributed by atoms with Crippen LogP contribution < -0.4 is 5.73 Å². The lowest BCUT2D eigenvalue weighted by molar-refractivity contribution is 1.19. The van der Waals surface area contributed by atoms with E-state index in [2.05, 4.69) is 9.97 Å². The summed E-state index contributed by atoms with van der Waals surface area (Å²) in [7, 11) is 0. The van der Waals surface area contributed by atoms with Crippen LogP contribution >= 0.6 is 23.2 Å². The van der Waals surface area contributed by atoms with Crippen LogP contribution in [-0.2, 0) is 0 Å². The van der Waals surface area contributed by atoms with Gasteiger partial charge in [-0.3, -0.25) is 0 Å². The van der Waals surface area contributed by atoms with Crippen molar-refractivity contribution in [3.63, 3.8) is 0 Å². The van der Waals surface area contributed by atoms with E-state index in [1.54, 1.807) is 0 Å². The SMILES string of the molecule is N[13c]1n[13c](Cl)[13cH][13c](Cl)n1. The zero-order valence-electron chi connectivity index (χ0n) is 4.31. The van der Waals surface area contributed by atoms with Crippen LogP contribution in [0.1, 0.15) is 0 Å². The van der Waals surface area contributed by atoms with E-state index in [9.17, 15) is 0 Å². The van der Waals surface area contributed by atoms with E-state index in [0.29, 0.717) is 0 Å². The Morgan fingerprint density at radius 3 is 2.00 bits per heavy atom. The first-order chi connectivity index (χ1) is 4.18. The Labute approximate surface area is 61.8 Å². The number of aromatic nitrogens is 2. The Kier molecular flexibility index (Phi) is 1.73. The molecular weight excluding hydrogens is 165 g/mol. The van der Waals surface area contributed by atoms with Gasteiger partial charge in [0.1, 0.15) is 10.3 Å². The Morgan fingerprint density at radius 1 is 1.22 bits per heavy atom. The molecule has 1 aromatic rings. The van der Waals surface area contributed by atoms with Crippen LogP contribution in [0.25, 0.3) is 0 Å². The molecule has 0 aliphatic heterocycles. The van der Waals surface area contributed by atoms with Gasteiger partial charge in [0, 0.05) is 6.07 Å². The van der Waals surface area contributed by atoms with Crippen molar-refractivity contribution in [1.82, 2.24) is 9.97 Å². The molecule has 1 rings (SSSR count). The number of nitrogen functional groups attached to an aromatic ring is 1. The predicted molar refractivity (Wildman–Crippen MR) is 36.5 cm³/mol. The molecule has 2 N–H and O–H groups in total. The van der Waals surface area contributed by atoms with Gasteiger partial charge in [0.05, 0.1) is 0 Å². The molecule has 0 aliphatic rings. The maximum absolute atomic E-state index is 5.43. The number of hydrogen-bond acceptors (Lipinski definition) is 3. The fourth-order valence-corrected chi connectivity index (χ4v) is 0.842. The highest BCUT2D eigenvalue weighted by molar-refractivity contribution is 6.33. The Bertz CT molecular complexity index is 175. The number of rotatable bonds is 0. The van der Waals surface area contributed by atoms with Gasteiger partial charge >= 0.3 is 0 Å². The topological polar surface area (TPSA) is 51.8 Å². The average Bonchev–Trinajstić information content (AvgIpc) is 1.59. The molecule has 1 heterocycles. The van der Waals surface area contributed by atoms with E-state index in [4.69, 9.17) is 28.9 Å². The molecular formula is C4H3Cl2N3. The van der Waals surface area contributed by atoms with Gasteiger partial charge < -0.3 is 5.73 Å². The second-order valence-corrected chi connectivity index (χ2v) is 2.15. The third-order valence-electron chi connectivity index (χ3n) is 0.681. The van der Waals surface area contributed by atoms with Crippen LogP contribution in [0.3, 0.4) is 0 Å². The van der Waals surface area contributed by atoms with E-state index < -0.39 is 0 Å². The van der Waals surface area contributed by atoms with Crippen LogP contribution in [0.5, 0.6) is 0 Å². The van der Waals surface area contributed by atoms with Crippen molar-refractivity contribution >= 4 is 29.2 Å². The van der Waals surface area contributed by atoms with E-state index in [1.807, 2.05) is 0 Å². The van der Waals surface area contributed by atoms with Crippen molar-refractivity contribution < 1.29 is 0 Å². The maximum Gasteiger partial charge on any atom is 0.222 e. The highest BCUT2D eigenvalue weighted by atomic mass is 35.5. The van der Waals surface area contributed by atoms with Gasteiger partial charge in [-0.05, 0) is 0 Å². The monoisotopic (exact) mass is 167 g/mol. The molecule has 0 fully saturated rings. The van der Waals surface area contributed by atoms with E-state index in [0.717, 1.165) is 0 Å². The fourth-order valence-electron chi connectivity index (χ4n) is 0.407. The summed E-state index contributed by atoms with van der Waals surface area (Å²) >= 11 is 10.9. The second-order valence-electron chi connectivity index (χ2n) is 1.37. The van der Waals surface area contributed by atoms with Gasteiger partial charge in [-0.2, -0.15) is 0 Å². The molecule has 0 saturated carbocycles. The number of nitrogens with zero attached hydrogens (tertiary/aromatic N) is 2. The molecule has 0 bridgehead atoms. The zero-order valence-corrected chi connectivity index (χ0v) is 5.82. The Hall–Kier alpha value is -0.540. The molecule has 0 atom stereocenters. The summed E-state index contributed by atoms with van der Waals surface area (Å²) in [4.78, 5) is 7.16. The summed E-state index contributed by atoms with van der Waals surface area (Å²) in [6, 6.07) is 1.42. The van der Waals surface area contributed by atoms with Gasteiger partial charge in [0.15, 0.2) is 0 Å². The smallest absolute Gasteiger partial charge is 0.222 e. The zero-order chi connectivity index (χ0) is 6.85. The van der Waals surface area contributed by atoms with Gasteiger partial charge in [-0.1, -0.05) is 23.2 Å². The van der Waals surface area contributed by atoms with Crippen molar-refractivity contribution in [2.75, 3.05) is 5.73 Å². The molecule has 3 nitrogen and oxygen atoms in total. The first-order valence-corrected chi connectivity index (χ1v) is 2.89. The van der Waals surface area contributed by atoms with Crippen LogP contribution in [0.4, 0.5) is 5.95 Å². The molecule has 48 valence electrons. The van der Waals surface area contributed by atoms with E-state index in [1.165, 1.54) is 6.07 Å². The normalized spacial score (nSPS) is 9.56. The molecule has 0 aliphatic carbocycles. The third kappa shape index (κ3) is 1.69. The van der Waals surface area contributed by atoms with Crippen molar-refractivity contribution in [2.45, 2.75) is 0 Å². The summed E-state index contributed by atoms with van der Waals surface area (Å²) in [5, 5.41) is 0.514. The van der Waals surface area contributed by atoms with E-state index in [-0.39, 0.29) is 16.3 Å². The lowest BCUT2D eigenvalue weighted by Crippen LogP contribution is -1.93. The summed E-state index contributed by atoms with van der Waals surface area (Å²) < 4.78 is 0. The number of halogens is 2. The highest BCUT2D eigenvalue weighted by Crippen LogP contribution is 2.11. The third-order valence-corrected chi connectivity index (χ3v) is 1.07. The molecule has 0 saturated heterocycles. The Balaban J connectivity index is 3.17. The van der Waals surface area contributed by atoms with Crippen LogP contribution in [-0.4, -0.2) is 9.97 Å². The van der Waals surface area contributed by atoms with Crippen molar-refractivity contribution in [1.29, 1.82) is 0 Å². The van der Waals surface area contributed by atoms with Gasteiger partial charge in [-0.15, -0.1) is 0 Å². The molecule has 0 radical (unpaired) electrons. The maximum atomic E-state index is 5.43. The van der Waals surface area contributed by atoms with Crippen LogP contribution in [0, 0.1) is 0 Å².